The molecule has 2 aromatic rings. The van der Waals surface area contributed by atoms with Crippen LogP contribution in [0, 0.1) is 6.92 Å². The van der Waals surface area contributed by atoms with Crippen LogP contribution in [0.5, 0.6) is 0 Å². The molecule has 0 aliphatic rings. The van der Waals surface area contributed by atoms with E-state index < -0.39 is 0 Å². The lowest BCUT2D eigenvalue weighted by Crippen LogP contribution is -2.07. The van der Waals surface area contributed by atoms with E-state index in [1.807, 2.05) is 25.1 Å². The minimum Gasteiger partial charge on any atom is -0.465 e. The summed E-state index contributed by atoms with van der Waals surface area (Å²) in [6.45, 7) is 3.97. The van der Waals surface area contributed by atoms with E-state index in [0.717, 1.165) is 16.7 Å². The Morgan fingerprint density at radius 3 is 2.27 bits per heavy atom. The van der Waals surface area contributed by atoms with Crippen molar-refractivity contribution in [1.29, 1.82) is 0 Å². The number of rotatable bonds is 4. The molecule has 0 aromatic heterocycles. The molecule has 0 aliphatic carbocycles. The lowest BCUT2D eigenvalue weighted by atomic mass is 9.95. The van der Waals surface area contributed by atoms with Gasteiger partial charge in [-0.1, -0.05) is 30.3 Å². The molecule has 2 aromatic carbocycles. The maximum Gasteiger partial charge on any atom is 0.338 e. The van der Waals surface area contributed by atoms with Gasteiger partial charge in [0.1, 0.15) is 0 Å². The maximum atomic E-state index is 12.0. The van der Waals surface area contributed by atoms with Crippen LogP contribution < -0.4 is 0 Å². The number of hydrogen-bond donors (Lipinski definition) is 0. The van der Waals surface area contributed by atoms with Gasteiger partial charge < -0.3 is 9.47 Å². The summed E-state index contributed by atoms with van der Waals surface area (Å²) >= 11 is 0. The molecule has 0 saturated heterocycles. The van der Waals surface area contributed by atoms with Gasteiger partial charge >= 0.3 is 11.9 Å². The number of carbonyl (C=O) groups is 2. The highest BCUT2D eigenvalue weighted by Gasteiger charge is 2.16. The molecule has 2 rings (SSSR count). The van der Waals surface area contributed by atoms with Gasteiger partial charge in [-0.15, -0.1) is 0 Å². The van der Waals surface area contributed by atoms with Gasteiger partial charge in [-0.25, -0.2) is 9.59 Å². The Hall–Kier alpha value is -2.62. The number of carbonyl (C=O) groups excluding carboxylic acids is 2. The molecule has 4 nitrogen and oxygen atoms in total. The first-order valence-corrected chi connectivity index (χ1v) is 7.04. The Morgan fingerprint density at radius 1 is 1.00 bits per heavy atom. The molecule has 0 atom stereocenters. The Balaban J connectivity index is 2.43. The first-order chi connectivity index (χ1) is 10.6. The summed E-state index contributed by atoms with van der Waals surface area (Å²) in [5.41, 5.74) is 3.49. The first-order valence-electron chi connectivity index (χ1n) is 7.04. The fraction of sp³-hybridized carbons (Fsp3) is 0.222. The van der Waals surface area contributed by atoms with E-state index in [0.29, 0.717) is 17.7 Å². The van der Waals surface area contributed by atoms with Crippen LogP contribution >= 0.6 is 0 Å². The van der Waals surface area contributed by atoms with Crippen LogP contribution in [0.15, 0.2) is 42.5 Å². The summed E-state index contributed by atoms with van der Waals surface area (Å²) in [5, 5.41) is 0. The maximum absolute atomic E-state index is 12.0. The Morgan fingerprint density at radius 2 is 1.68 bits per heavy atom. The summed E-state index contributed by atoms with van der Waals surface area (Å²) in [6.07, 6.45) is 0. The molecule has 114 valence electrons. The average molecular weight is 298 g/mol. The standard InChI is InChI=1S/C18H18O4/c1-4-22-17(19)14-10-8-13(9-11-14)15-7-5-6-12(2)16(15)18(20)21-3/h5-11H,4H2,1-3H3. The Kier molecular flexibility index (Phi) is 4.94. The molecule has 0 N–H and O–H groups in total. The molecule has 22 heavy (non-hydrogen) atoms. The summed E-state index contributed by atoms with van der Waals surface area (Å²) < 4.78 is 9.82. The molecule has 0 spiro atoms. The van der Waals surface area contributed by atoms with Crippen molar-refractivity contribution in [3.8, 4) is 11.1 Å². The van der Waals surface area contributed by atoms with E-state index in [1.165, 1.54) is 7.11 Å². The van der Waals surface area contributed by atoms with Crippen LogP contribution in [0.2, 0.25) is 0 Å². The number of hydrogen-bond acceptors (Lipinski definition) is 4. The van der Waals surface area contributed by atoms with Crippen molar-refractivity contribution in [1.82, 2.24) is 0 Å². The van der Waals surface area contributed by atoms with E-state index in [2.05, 4.69) is 0 Å². The number of ether oxygens (including phenoxy) is 2. The zero-order valence-corrected chi connectivity index (χ0v) is 12.9. The number of methoxy groups -OCH3 is 1. The molecule has 0 fully saturated rings. The molecule has 0 heterocycles. The van der Waals surface area contributed by atoms with E-state index in [1.54, 1.807) is 31.2 Å². The molecule has 0 saturated carbocycles. The second kappa shape index (κ2) is 6.89. The molecule has 0 amide bonds. The highest BCUT2D eigenvalue weighted by Crippen LogP contribution is 2.27. The molecule has 0 bridgehead atoms. The van der Waals surface area contributed by atoms with E-state index in [-0.39, 0.29) is 11.9 Å². The number of aryl methyl sites for hydroxylation is 1. The van der Waals surface area contributed by atoms with Gasteiger partial charge in [0.25, 0.3) is 0 Å². The zero-order chi connectivity index (χ0) is 16.1. The van der Waals surface area contributed by atoms with E-state index in [9.17, 15) is 9.59 Å². The third-order valence-electron chi connectivity index (χ3n) is 3.37. The lowest BCUT2D eigenvalue weighted by Gasteiger charge is -2.11. The smallest absolute Gasteiger partial charge is 0.338 e. The van der Waals surface area contributed by atoms with Crippen LogP contribution in [-0.2, 0) is 9.47 Å². The third-order valence-corrected chi connectivity index (χ3v) is 3.37. The zero-order valence-electron chi connectivity index (χ0n) is 12.9. The van der Waals surface area contributed by atoms with Crippen molar-refractivity contribution in [2.45, 2.75) is 13.8 Å². The quantitative estimate of drug-likeness (QED) is 0.809. The van der Waals surface area contributed by atoms with Gasteiger partial charge in [-0.3, -0.25) is 0 Å². The van der Waals surface area contributed by atoms with E-state index in [4.69, 9.17) is 9.47 Å². The highest BCUT2D eigenvalue weighted by atomic mass is 16.5. The molecule has 0 aliphatic heterocycles. The SMILES string of the molecule is CCOC(=O)c1ccc(-c2cccc(C)c2C(=O)OC)cc1. The van der Waals surface area contributed by atoms with Crippen molar-refractivity contribution in [3.05, 3.63) is 59.2 Å². The second-order valence-corrected chi connectivity index (χ2v) is 4.79. The fourth-order valence-electron chi connectivity index (χ4n) is 2.28. The lowest BCUT2D eigenvalue weighted by molar-refractivity contribution is 0.0525. The monoisotopic (exact) mass is 298 g/mol. The van der Waals surface area contributed by atoms with Crippen LogP contribution in [-0.4, -0.2) is 25.7 Å². The van der Waals surface area contributed by atoms with Crippen molar-refractivity contribution in [2.24, 2.45) is 0 Å². The van der Waals surface area contributed by atoms with Crippen molar-refractivity contribution in [3.63, 3.8) is 0 Å². The first kappa shape index (κ1) is 15.8. The van der Waals surface area contributed by atoms with Crippen LogP contribution in [0.4, 0.5) is 0 Å². The summed E-state index contributed by atoms with van der Waals surface area (Å²) in [4.78, 5) is 23.7. The normalized spacial score (nSPS) is 10.1. The average Bonchev–Trinajstić information content (AvgIpc) is 2.54. The number of esters is 2. The van der Waals surface area contributed by atoms with Gasteiger partial charge in [0, 0.05) is 0 Å². The van der Waals surface area contributed by atoms with Gasteiger partial charge in [0.2, 0.25) is 0 Å². The number of benzene rings is 2. The van der Waals surface area contributed by atoms with Crippen LogP contribution in [0.1, 0.15) is 33.2 Å². The molecule has 0 unspecified atom stereocenters. The van der Waals surface area contributed by atoms with Crippen LogP contribution in [0.3, 0.4) is 0 Å². The van der Waals surface area contributed by atoms with Crippen molar-refractivity contribution < 1.29 is 19.1 Å². The third kappa shape index (κ3) is 3.17. The topological polar surface area (TPSA) is 52.6 Å². The van der Waals surface area contributed by atoms with Crippen molar-refractivity contribution in [2.75, 3.05) is 13.7 Å². The van der Waals surface area contributed by atoms with Crippen LogP contribution in [0.25, 0.3) is 11.1 Å². The summed E-state index contributed by atoms with van der Waals surface area (Å²) in [7, 11) is 1.36. The predicted octanol–water partition coefficient (Wildman–Crippen LogP) is 3.63. The fourth-order valence-corrected chi connectivity index (χ4v) is 2.28. The Bertz CT molecular complexity index is 687. The Labute approximate surface area is 129 Å². The van der Waals surface area contributed by atoms with Gasteiger partial charge in [0.05, 0.1) is 24.8 Å². The molecule has 0 radical (unpaired) electrons. The van der Waals surface area contributed by atoms with Gasteiger partial charge in [0.15, 0.2) is 0 Å². The largest absolute Gasteiger partial charge is 0.465 e. The van der Waals surface area contributed by atoms with Crippen molar-refractivity contribution >= 4 is 11.9 Å². The predicted molar refractivity (Wildman–Crippen MR) is 83.9 cm³/mol. The minimum atomic E-state index is -0.373. The molecular formula is C18H18O4. The molecule has 4 heteroatoms. The summed E-state index contributed by atoms with van der Waals surface area (Å²) in [6, 6.07) is 12.6. The van der Waals surface area contributed by atoms with Gasteiger partial charge in [-0.05, 0) is 42.7 Å². The second-order valence-electron chi connectivity index (χ2n) is 4.79. The van der Waals surface area contributed by atoms with E-state index >= 15 is 0 Å². The summed E-state index contributed by atoms with van der Waals surface area (Å²) in [5.74, 6) is -0.728. The highest BCUT2D eigenvalue weighted by molar-refractivity contribution is 5.99. The molecular weight excluding hydrogens is 280 g/mol. The minimum absolute atomic E-state index is 0.338. The van der Waals surface area contributed by atoms with Gasteiger partial charge in [-0.2, -0.15) is 0 Å².